The highest BCUT2D eigenvalue weighted by Gasteiger charge is 2.33. The minimum Gasteiger partial charge on any atom is -0.469 e. The Kier molecular flexibility index (Phi) is 5.46. The maximum Gasteiger partial charge on any atom is 0.223 e. The van der Waals surface area contributed by atoms with Gasteiger partial charge in [0.1, 0.15) is 12.2 Å². The summed E-state index contributed by atoms with van der Waals surface area (Å²) < 4.78 is 7.28. The largest absolute Gasteiger partial charge is 0.469 e. The van der Waals surface area contributed by atoms with E-state index in [9.17, 15) is 9.59 Å². The fourth-order valence-electron chi connectivity index (χ4n) is 4.50. The van der Waals surface area contributed by atoms with Gasteiger partial charge in [0.05, 0.1) is 6.20 Å². The number of aryl methyl sites for hydroxylation is 2. The van der Waals surface area contributed by atoms with Crippen molar-refractivity contribution in [2.24, 2.45) is 0 Å². The molecule has 28 heavy (non-hydrogen) atoms. The molecule has 1 aliphatic rings. The Morgan fingerprint density at radius 2 is 1.96 bits per heavy atom. The van der Waals surface area contributed by atoms with Gasteiger partial charge in [-0.2, -0.15) is 5.10 Å². The van der Waals surface area contributed by atoms with Gasteiger partial charge in [0.25, 0.3) is 0 Å². The van der Waals surface area contributed by atoms with Gasteiger partial charge in [0, 0.05) is 12.1 Å². The van der Waals surface area contributed by atoms with Gasteiger partial charge in [-0.25, -0.2) is 4.68 Å². The minimum atomic E-state index is -0.0944. The zero-order valence-electron chi connectivity index (χ0n) is 17.8. The summed E-state index contributed by atoms with van der Waals surface area (Å²) >= 11 is 0. The molecular weight excluding hydrogens is 352 g/mol. The van der Waals surface area contributed by atoms with Crippen molar-refractivity contribution in [2.45, 2.75) is 72.8 Å². The van der Waals surface area contributed by atoms with Crippen LogP contribution in [0.2, 0.25) is 0 Å². The van der Waals surface area contributed by atoms with Crippen LogP contribution in [0.5, 0.6) is 5.88 Å². The molecule has 1 aliphatic carbocycles. The lowest BCUT2D eigenvalue weighted by atomic mass is 9.68. The zero-order chi connectivity index (χ0) is 20.6. The van der Waals surface area contributed by atoms with Crippen LogP contribution in [0.3, 0.4) is 0 Å². The minimum absolute atomic E-state index is 0.0558. The summed E-state index contributed by atoms with van der Waals surface area (Å²) in [5.74, 6) is 0.185. The number of benzene rings is 1. The SMILES string of the molecule is CCn1ncc(C(=O)c2cc(C)c3c(c2C)C(C)(C)CCC3)c1OCC(C)=O. The fourth-order valence-corrected chi connectivity index (χ4v) is 4.50. The van der Waals surface area contributed by atoms with Crippen LogP contribution in [0.4, 0.5) is 0 Å². The number of hydrogen-bond acceptors (Lipinski definition) is 4. The highest BCUT2D eigenvalue weighted by Crippen LogP contribution is 2.41. The highest BCUT2D eigenvalue weighted by atomic mass is 16.5. The van der Waals surface area contributed by atoms with Gasteiger partial charge >= 0.3 is 0 Å². The van der Waals surface area contributed by atoms with Crippen LogP contribution in [0.15, 0.2) is 12.3 Å². The smallest absolute Gasteiger partial charge is 0.223 e. The van der Waals surface area contributed by atoms with Gasteiger partial charge in [-0.1, -0.05) is 13.8 Å². The second-order valence-electron chi connectivity index (χ2n) is 8.46. The second-order valence-corrected chi connectivity index (χ2v) is 8.46. The molecule has 0 bridgehead atoms. The molecule has 0 N–H and O–H groups in total. The molecule has 0 saturated heterocycles. The predicted octanol–water partition coefficient (Wildman–Crippen LogP) is 4.33. The molecular formula is C23H30N2O3. The number of aromatic nitrogens is 2. The Balaban J connectivity index is 2.11. The van der Waals surface area contributed by atoms with Gasteiger partial charge in [0.2, 0.25) is 5.88 Å². The lowest BCUT2D eigenvalue weighted by molar-refractivity contribution is -0.119. The maximum atomic E-state index is 13.5. The van der Waals surface area contributed by atoms with E-state index < -0.39 is 0 Å². The molecule has 0 aliphatic heterocycles. The standard InChI is InChI=1S/C23H30N2O3/c1-7-25-22(28-13-15(3)26)19(12-24-25)21(27)18-11-14(2)17-9-8-10-23(5,6)20(17)16(18)4/h11-12H,7-10,13H2,1-6H3. The topological polar surface area (TPSA) is 61.2 Å². The quantitative estimate of drug-likeness (QED) is 0.698. The van der Waals surface area contributed by atoms with Crippen LogP contribution in [-0.4, -0.2) is 28.0 Å². The van der Waals surface area contributed by atoms with Crippen molar-refractivity contribution in [1.82, 2.24) is 9.78 Å². The van der Waals surface area contributed by atoms with Crippen molar-refractivity contribution in [2.75, 3.05) is 6.61 Å². The van der Waals surface area contributed by atoms with Gasteiger partial charge in [-0.05, 0) is 80.7 Å². The van der Waals surface area contributed by atoms with Gasteiger partial charge in [0.15, 0.2) is 11.6 Å². The van der Waals surface area contributed by atoms with Crippen LogP contribution < -0.4 is 4.74 Å². The number of hydrogen-bond donors (Lipinski definition) is 0. The Hall–Kier alpha value is -2.43. The monoisotopic (exact) mass is 382 g/mol. The van der Waals surface area contributed by atoms with E-state index in [1.807, 2.05) is 13.0 Å². The molecule has 5 heteroatoms. The Labute approximate surface area is 167 Å². The third-order valence-corrected chi connectivity index (χ3v) is 5.81. The number of rotatable bonds is 6. The molecule has 0 unspecified atom stereocenters. The molecule has 1 heterocycles. The number of ketones is 2. The molecule has 0 amide bonds. The Bertz CT molecular complexity index is 938. The van der Waals surface area contributed by atoms with Crippen LogP contribution in [-0.2, 0) is 23.2 Å². The number of ether oxygens (including phenoxy) is 1. The van der Waals surface area contributed by atoms with Crippen LogP contribution in [0.1, 0.15) is 78.7 Å². The first-order valence-corrected chi connectivity index (χ1v) is 10.0. The van der Waals surface area contributed by atoms with E-state index in [0.717, 1.165) is 18.4 Å². The van der Waals surface area contributed by atoms with Crippen molar-refractivity contribution in [1.29, 1.82) is 0 Å². The number of carbonyl (C=O) groups is 2. The van der Waals surface area contributed by atoms with Crippen molar-refractivity contribution in [3.05, 3.63) is 45.6 Å². The molecule has 150 valence electrons. The van der Waals surface area contributed by atoms with E-state index in [1.165, 1.54) is 30.0 Å². The lowest BCUT2D eigenvalue weighted by Gasteiger charge is -2.36. The summed E-state index contributed by atoms with van der Waals surface area (Å²) in [6.45, 7) is 12.6. The van der Waals surface area contributed by atoms with Gasteiger partial charge in [-0.15, -0.1) is 0 Å². The van der Waals surface area contributed by atoms with Crippen LogP contribution >= 0.6 is 0 Å². The summed E-state index contributed by atoms with van der Waals surface area (Å²) in [7, 11) is 0. The first kappa shape index (κ1) is 20.3. The van der Waals surface area contributed by atoms with E-state index in [-0.39, 0.29) is 23.6 Å². The molecule has 3 rings (SSSR count). The van der Waals surface area contributed by atoms with E-state index in [1.54, 1.807) is 10.9 Å². The summed E-state index contributed by atoms with van der Waals surface area (Å²) in [4.78, 5) is 24.9. The number of fused-ring (bicyclic) bond motifs is 1. The highest BCUT2D eigenvalue weighted by molar-refractivity contribution is 6.11. The predicted molar refractivity (Wildman–Crippen MR) is 109 cm³/mol. The second kappa shape index (κ2) is 7.53. The Morgan fingerprint density at radius 3 is 2.61 bits per heavy atom. The maximum absolute atomic E-state index is 13.5. The van der Waals surface area contributed by atoms with Crippen molar-refractivity contribution in [3.8, 4) is 5.88 Å². The third-order valence-electron chi connectivity index (χ3n) is 5.81. The molecule has 0 spiro atoms. The molecule has 0 saturated carbocycles. The lowest BCUT2D eigenvalue weighted by Crippen LogP contribution is -2.27. The van der Waals surface area contributed by atoms with Gasteiger partial charge < -0.3 is 4.74 Å². The summed E-state index contributed by atoms with van der Waals surface area (Å²) in [5, 5.41) is 4.29. The van der Waals surface area contributed by atoms with Crippen LogP contribution in [0, 0.1) is 13.8 Å². The normalized spacial score (nSPS) is 15.2. The fraction of sp³-hybridized carbons (Fsp3) is 0.522. The summed E-state index contributed by atoms with van der Waals surface area (Å²) in [6, 6.07) is 2.01. The summed E-state index contributed by atoms with van der Waals surface area (Å²) in [5.41, 5.74) is 6.11. The molecule has 1 aromatic heterocycles. The van der Waals surface area contributed by atoms with Crippen LogP contribution in [0.25, 0.3) is 0 Å². The number of carbonyl (C=O) groups excluding carboxylic acids is 2. The van der Waals surface area contributed by atoms with E-state index in [4.69, 9.17) is 4.74 Å². The van der Waals surface area contributed by atoms with Crippen molar-refractivity contribution in [3.63, 3.8) is 0 Å². The first-order valence-electron chi connectivity index (χ1n) is 10.0. The number of Topliss-reactive ketones (excluding diaryl/α,β-unsaturated/α-hetero) is 1. The van der Waals surface area contributed by atoms with Crippen molar-refractivity contribution < 1.29 is 14.3 Å². The molecule has 0 atom stereocenters. The Morgan fingerprint density at radius 1 is 1.25 bits per heavy atom. The third kappa shape index (κ3) is 3.50. The number of nitrogens with zero attached hydrogens (tertiary/aromatic N) is 2. The van der Waals surface area contributed by atoms with E-state index in [0.29, 0.717) is 23.6 Å². The average Bonchev–Trinajstić information content (AvgIpc) is 3.04. The average molecular weight is 383 g/mol. The van der Waals surface area contributed by atoms with Gasteiger partial charge in [-0.3, -0.25) is 9.59 Å². The molecule has 5 nitrogen and oxygen atoms in total. The molecule has 0 radical (unpaired) electrons. The molecule has 1 aromatic carbocycles. The van der Waals surface area contributed by atoms with E-state index >= 15 is 0 Å². The van der Waals surface area contributed by atoms with E-state index in [2.05, 4.69) is 32.8 Å². The molecule has 2 aromatic rings. The molecule has 0 fully saturated rings. The van der Waals surface area contributed by atoms with Crippen molar-refractivity contribution >= 4 is 11.6 Å². The summed E-state index contributed by atoms with van der Waals surface area (Å²) in [6.07, 6.45) is 4.93. The first-order chi connectivity index (χ1) is 13.2. The zero-order valence-corrected chi connectivity index (χ0v) is 17.8.